The standard InChI is InChI=1S/C14H13FN2OS/c15-11-6-2-1-5-10(11)13-16-9-12(19-13)14(18)17-7-3-4-8-17/h1-2,5-6,9H,3-4,7-8H2. The van der Waals surface area contributed by atoms with Crippen molar-refractivity contribution in [2.75, 3.05) is 13.1 Å². The van der Waals surface area contributed by atoms with Gasteiger partial charge in [-0.15, -0.1) is 11.3 Å². The van der Waals surface area contributed by atoms with Crippen LogP contribution in [0.4, 0.5) is 4.39 Å². The number of halogens is 1. The maximum Gasteiger partial charge on any atom is 0.265 e. The van der Waals surface area contributed by atoms with E-state index in [0.717, 1.165) is 25.9 Å². The van der Waals surface area contributed by atoms with Gasteiger partial charge in [-0.3, -0.25) is 4.79 Å². The Kier molecular flexibility index (Phi) is 3.29. The molecule has 98 valence electrons. The van der Waals surface area contributed by atoms with Crippen LogP contribution in [0.3, 0.4) is 0 Å². The number of rotatable bonds is 2. The zero-order valence-corrected chi connectivity index (χ0v) is 11.1. The maximum absolute atomic E-state index is 13.7. The third-order valence-electron chi connectivity index (χ3n) is 3.21. The summed E-state index contributed by atoms with van der Waals surface area (Å²) >= 11 is 1.25. The SMILES string of the molecule is O=C(c1cnc(-c2ccccc2F)s1)N1CCCC1. The summed E-state index contributed by atoms with van der Waals surface area (Å²) in [5.41, 5.74) is 0.452. The van der Waals surface area contributed by atoms with Crippen LogP contribution in [-0.2, 0) is 0 Å². The van der Waals surface area contributed by atoms with Crippen LogP contribution in [0, 0.1) is 5.82 Å². The van der Waals surface area contributed by atoms with Crippen molar-refractivity contribution in [2.24, 2.45) is 0 Å². The lowest BCUT2D eigenvalue weighted by Gasteiger charge is -2.12. The highest BCUT2D eigenvalue weighted by Gasteiger charge is 2.22. The normalized spacial score (nSPS) is 14.9. The van der Waals surface area contributed by atoms with Crippen LogP contribution >= 0.6 is 11.3 Å². The molecule has 0 saturated carbocycles. The summed E-state index contributed by atoms with van der Waals surface area (Å²) in [7, 11) is 0. The topological polar surface area (TPSA) is 33.2 Å². The van der Waals surface area contributed by atoms with Crippen LogP contribution in [0.5, 0.6) is 0 Å². The van der Waals surface area contributed by atoms with Crippen LogP contribution < -0.4 is 0 Å². The van der Waals surface area contributed by atoms with Gasteiger partial charge in [0, 0.05) is 18.7 Å². The second-order valence-corrected chi connectivity index (χ2v) is 5.54. The number of likely N-dealkylation sites (tertiary alicyclic amines) is 1. The minimum atomic E-state index is -0.308. The molecule has 0 spiro atoms. The van der Waals surface area contributed by atoms with E-state index < -0.39 is 0 Å². The summed E-state index contributed by atoms with van der Waals surface area (Å²) in [6, 6.07) is 6.49. The van der Waals surface area contributed by atoms with Gasteiger partial charge in [-0.1, -0.05) is 12.1 Å². The minimum absolute atomic E-state index is 0.0117. The lowest BCUT2D eigenvalue weighted by atomic mass is 10.2. The molecule has 0 N–H and O–H groups in total. The Bertz CT molecular complexity index is 605. The monoisotopic (exact) mass is 276 g/mol. The number of nitrogens with zero attached hydrogens (tertiary/aromatic N) is 2. The predicted molar refractivity (Wildman–Crippen MR) is 72.6 cm³/mol. The first kappa shape index (κ1) is 12.3. The highest BCUT2D eigenvalue weighted by atomic mass is 32.1. The van der Waals surface area contributed by atoms with Crippen molar-refractivity contribution in [2.45, 2.75) is 12.8 Å². The van der Waals surface area contributed by atoms with Crippen LogP contribution in [0.2, 0.25) is 0 Å². The fraction of sp³-hybridized carbons (Fsp3) is 0.286. The number of benzene rings is 1. The van der Waals surface area contributed by atoms with E-state index in [1.807, 2.05) is 4.90 Å². The van der Waals surface area contributed by atoms with Gasteiger partial charge in [0.2, 0.25) is 0 Å². The van der Waals surface area contributed by atoms with Gasteiger partial charge >= 0.3 is 0 Å². The second-order valence-electron chi connectivity index (χ2n) is 4.51. The number of amides is 1. The van der Waals surface area contributed by atoms with Gasteiger partial charge < -0.3 is 4.90 Å². The van der Waals surface area contributed by atoms with Crippen molar-refractivity contribution in [3.8, 4) is 10.6 Å². The Morgan fingerprint density at radius 1 is 1.26 bits per heavy atom. The van der Waals surface area contributed by atoms with E-state index in [4.69, 9.17) is 0 Å². The van der Waals surface area contributed by atoms with E-state index in [2.05, 4.69) is 4.98 Å². The van der Waals surface area contributed by atoms with Crippen molar-refractivity contribution in [1.82, 2.24) is 9.88 Å². The van der Waals surface area contributed by atoms with Gasteiger partial charge in [-0.05, 0) is 25.0 Å². The Morgan fingerprint density at radius 2 is 2.00 bits per heavy atom. The highest BCUT2D eigenvalue weighted by molar-refractivity contribution is 7.16. The fourth-order valence-corrected chi connectivity index (χ4v) is 3.12. The third kappa shape index (κ3) is 2.38. The fourth-order valence-electron chi connectivity index (χ4n) is 2.21. The van der Waals surface area contributed by atoms with Gasteiger partial charge in [-0.2, -0.15) is 0 Å². The van der Waals surface area contributed by atoms with E-state index in [1.165, 1.54) is 17.4 Å². The molecule has 19 heavy (non-hydrogen) atoms. The van der Waals surface area contributed by atoms with E-state index in [0.29, 0.717) is 15.4 Å². The first-order chi connectivity index (χ1) is 9.25. The van der Waals surface area contributed by atoms with Crippen LogP contribution in [-0.4, -0.2) is 28.9 Å². The molecule has 1 aliphatic rings. The van der Waals surface area contributed by atoms with E-state index in [-0.39, 0.29) is 11.7 Å². The highest BCUT2D eigenvalue weighted by Crippen LogP contribution is 2.28. The average molecular weight is 276 g/mol. The molecular weight excluding hydrogens is 263 g/mol. The van der Waals surface area contributed by atoms with Gasteiger partial charge in [0.25, 0.3) is 5.91 Å². The lowest BCUT2D eigenvalue weighted by molar-refractivity contribution is 0.0797. The maximum atomic E-state index is 13.7. The van der Waals surface area contributed by atoms with Crippen LogP contribution in [0.1, 0.15) is 22.5 Å². The molecule has 1 aromatic carbocycles. The summed E-state index contributed by atoms with van der Waals surface area (Å²) in [5.74, 6) is -0.297. The number of carbonyl (C=O) groups excluding carboxylic acids is 1. The quantitative estimate of drug-likeness (QED) is 0.844. The molecule has 1 aliphatic heterocycles. The van der Waals surface area contributed by atoms with Crippen molar-refractivity contribution >= 4 is 17.2 Å². The largest absolute Gasteiger partial charge is 0.338 e. The number of hydrogen-bond donors (Lipinski definition) is 0. The molecule has 0 atom stereocenters. The predicted octanol–water partition coefficient (Wildman–Crippen LogP) is 3.19. The first-order valence-corrected chi connectivity index (χ1v) is 7.07. The Morgan fingerprint density at radius 3 is 2.74 bits per heavy atom. The minimum Gasteiger partial charge on any atom is -0.338 e. The Balaban J connectivity index is 1.87. The molecule has 0 bridgehead atoms. The number of thiazole rings is 1. The van der Waals surface area contributed by atoms with Crippen LogP contribution in [0.15, 0.2) is 30.5 Å². The molecule has 3 rings (SSSR count). The van der Waals surface area contributed by atoms with Gasteiger partial charge in [0.15, 0.2) is 0 Å². The zero-order chi connectivity index (χ0) is 13.2. The summed E-state index contributed by atoms with van der Waals surface area (Å²) in [6.45, 7) is 1.62. The van der Waals surface area contributed by atoms with Crippen molar-refractivity contribution in [3.63, 3.8) is 0 Å². The molecule has 1 amide bonds. The molecular formula is C14H13FN2OS. The molecule has 0 aliphatic carbocycles. The summed E-state index contributed by atoms with van der Waals surface area (Å²) < 4.78 is 13.7. The summed E-state index contributed by atoms with van der Waals surface area (Å²) in [5, 5.41) is 0.556. The molecule has 5 heteroatoms. The summed E-state index contributed by atoms with van der Waals surface area (Å²) in [6.07, 6.45) is 3.67. The first-order valence-electron chi connectivity index (χ1n) is 6.26. The smallest absolute Gasteiger partial charge is 0.265 e. The second kappa shape index (κ2) is 5.09. The zero-order valence-electron chi connectivity index (χ0n) is 10.3. The molecule has 1 fully saturated rings. The molecule has 3 nitrogen and oxygen atoms in total. The molecule has 0 radical (unpaired) electrons. The lowest BCUT2D eigenvalue weighted by Crippen LogP contribution is -2.26. The van der Waals surface area contributed by atoms with E-state index in [9.17, 15) is 9.18 Å². The molecule has 2 heterocycles. The molecule has 0 unspecified atom stereocenters. The number of carbonyl (C=O) groups is 1. The van der Waals surface area contributed by atoms with Gasteiger partial charge in [-0.25, -0.2) is 9.37 Å². The van der Waals surface area contributed by atoms with Crippen LogP contribution in [0.25, 0.3) is 10.6 Å². The van der Waals surface area contributed by atoms with Crippen molar-refractivity contribution in [3.05, 3.63) is 41.2 Å². The van der Waals surface area contributed by atoms with Crippen molar-refractivity contribution in [1.29, 1.82) is 0 Å². The van der Waals surface area contributed by atoms with E-state index in [1.54, 1.807) is 24.4 Å². The molecule has 1 saturated heterocycles. The van der Waals surface area contributed by atoms with Crippen molar-refractivity contribution < 1.29 is 9.18 Å². The number of hydrogen-bond acceptors (Lipinski definition) is 3. The Labute approximate surface area is 114 Å². The summed E-state index contributed by atoms with van der Waals surface area (Å²) in [4.78, 5) is 18.8. The average Bonchev–Trinajstić information content (AvgIpc) is 3.10. The van der Waals surface area contributed by atoms with Gasteiger partial charge in [0.05, 0.1) is 6.20 Å². The van der Waals surface area contributed by atoms with E-state index >= 15 is 0 Å². The number of aromatic nitrogens is 1. The van der Waals surface area contributed by atoms with Gasteiger partial charge in [0.1, 0.15) is 15.7 Å². The molecule has 1 aromatic heterocycles. The third-order valence-corrected chi connectivity index (χ3v) is 4.23. The Hall–Kier alpha value is -1.75. The molecule has 2 aromatic rings.